The van der Waals surface area contributed by atoms with Gasteiger partial charge in [-0.15, -0.1) is 0 Å². The van der Waals surface area contributed by atoms with Crippen LogP contribution in [0.5, 0.6) is 0 Å². The van der Waals surface area contributed by atoms with Gasteiger partial charge in [-0.1, -0.05) is 0 Å². The minimum atomic E-state index is -1.15. The molecule has 0 aromatic heterocycles. The molecule has 1 aliphatic rings. The smallest absolute Gasteiger partial charge is 0.326 e. The van der Waals surface area contributed by atoms with E-state index in [0.717, 1.165) is 17.0 Å². The van der Waals surface area contributed by atoms with Crippen molar-refractivity contribution in [2.45, 2.75) is 18.9 Å². The van der Waals surface area contributed by atoms with Crippen molar-refractivity contribution in [3.8, 4) is 0 Å². The summed E-state index contributed by atoms with van der Waals surface area (Å²) in [6.07, 6.45) is 0.813. The van der Waals surface area contributed by atoms with Crippen LogP contribution in [0.1, 0.15) is 23.2 Å². The van der Waals surface area contributed by atoms with Crippen LogP contribution in [0.2, 0.25) is 0 Å². The molecule has 0 bridgehead atoms. The number of halogens is 1. The second-order valence-corrected chi connectivity index (χ2v) is 4.41. The van der Waals surface area contributed by atoms with E-state index < -0.39 is 34.3 Å². The summed E-state index contributed by atoms with van der Waals surface area (Å²) in [6.45, 7) is 0.213. The molecule has 0 unspecified atom stereocenters. The van der Waals surface area contributed by atoms with Gasteiger partial charge in [-0.25, -0.2) is 9.18 Å². The first kappa shape index (κ1) is 13.9. The lowest BCUT2D eigenvalue weighted by molar-refractivity contribution is -0.385. The molecule has 1 saturated heterocycles. The maximum absolute atomic E-state index is 13.0. The van der Waals surface area contributed by atoms with E-state index in [1.165, 1.54) is 0 Å². The second kappa shape index (κ2) is 5.24. The number of carboxylic acids is 1. The Morgan fingerprint density at radius 1 is 1.45 bits per heavy atom. The third-order valence-electron chi connectivity index (χ3n) is 3.19. The van der Waals surface area contributed by atoms with Gasteiger partial charge >= 0.3 is 5.97 Å². The summed E-state index contributed by atoms with van der Waals surface area (Å²) in [5, 5.41) is 19.9. The molecule has 1 amide bonds. The summed E-state index contributed by atoms with van der Waals surface area (Å²) in [4.78, 5) is 34.3. The zero-order chi connectivity index (χ0) is 14.9. The first-order valence-corrected chi connectivity index (χ1v) is 5.89. The van der Waals surface area contributed by atoms with Gasteiger partial charge < -0.3 is 10.0 Å². The molecule has 1 atom stereocenters. The highest BCUT2D eigenvalue weighted by molar-refractivity contribution is 6.00. The summed E-state index contributed by atoms with van der Waals surface area (Å²) >= 11 is 0. The van der Waals surface area contributed by atoms with Gasteiger partial charge in [-0.3, -0.25) is 14.9 Å². The normalized spacial score (nSPS) is 18.1. The zero-order valence-corrected chi connectivity index (χ0v) is 10.3. The molecule has 1 N–H and O–H groups in total. The van der Waals surface area contributed by atoms with Crippen LogP contribution >= 0.6 is 0 Å². The van der Waals surface area contributed by atoms with Gasteiger partial charge in [0.15, 0.2) is 0 Å². The molecule has 1 fully saturated rings. The molecule has 2 rings (SSSR count). The minimum absolute atomic E-state index is 0.213. The Balaban J connectivity index is 2.38. The van der Waals surface area contributed by atoms with Crippen molar-refractivity contribution in [1.82, 2.24) is 4.90 Å². The van der Waals surface area contributed by atoms with Crippen molar-refractivity contribution >= 4 is 17.6 Å². The van der Waals surface area contributed by atoms with Crippen molar-refractivity contribution in [3.05, 3.63) is 39.7 Å². The van der Waals surface area contributed by atoms with Crippen LogP contribution in [-0.2, 0) is 4.79 Å². The number of amides is 1. The van der Waals surface area contributed by atoms with Crippen LogP contribution in [0.25, 0.3) is 0 Å². The van der Waals surface area contributed by atoms with Crippen molar-refractivity contribution in [2.24, 2.45) is 0 Å². The fourth-order valence-electron chi connectivity index (χ4n) is 2.26. The largest absolute Gasteiger partial charge is 0.480 e. The number of nitro groups is 1. The molecule has 8 heteroatoms. The number of likely N-dealkylation sites (tertiary alicyclic amines) is 1. The molecule has 0 aliphatic carbocycles. The van der Waals surface area contributed by atoms with Crippen molar-refractivity contribution < 1.29 is 24.0 Å². The lowest BCUT2D eigenvalue weighted by atomic mass is 10.1. The SMILES string of the molecule is O=C(O)[C@@H]1CCCN1C(=O)c1ccc(F)cc1[N+](=O)[O-]. The number of hydrogen-bond donors (Lipinski definition) is 1. The van der Waals surface area contributed by atoms with E-state index >= 15 is 0 Å². The Bertz CT molecular complexity index is 589. The Hall–Kier alpha value is -2.51. The molecule has 0 spiro atoms. The predicted octanol–water partition coefficient (Wildman–Crippen LogP) is 1.42. The summed E-state index contributed by atoms with van der Waals surface area (Å²) in [6, 6.07) is 1.60. The van der Waals surface area contributed by atoms with E-state index in [-0.39, 0.29) is 12.1 Å². The number of hydrogen-bond acceptors (Lipinski definition) is 4. The summed E-state index contributed by atoms with van der Waals surface area (Å²) in [5.41, 5.74) is -0.962. The molecule has 1 aromatic rings. The molecular weight excluding hydrogens is 271 g/mol. The third-order valence-corrected chi connectivity index (χ3v) is 3.19. The topological polar surface area (TPSA) is 101 Å². The van der Waals surface area contributed by atoms with Gasteiger partial charge in [0, 0.05) is 6.54 Å². The number of carbonyl (C=O) groups is 2. The quantitative estimate of drug-likeness (QED) is 0.667. The van der Waals surface area contributed by atoms with Crippen molar-refractivity contribution in [3.63, 3.8) is 0 Å². The number of aliphatic carboxylic acids is 1. The molecule has 106 valence electrons. The summed E-state index contributed by atoms with van der Waals surface area (Å²) < 4.78 is 13.0. The maximum atomic E-state index is 13.0. The standard InChI is InChI=1S/C12H11FN2O5/c13-7-3-4-8(10(6-7)15(19)20)11(16)14-5-1-2-9(14)12(17)18/h3-4,6,9H,1-2,5H2,(H,17,18)/t9-/m0/s1. The van der Waals surface area contributed by atoms with Crippen LogP contribution in [-0.4, -0.2) is 39.4 Å². The van der Waals surface area contributed by atoms with Crippen LogP contribution in [0.15, 0.2) is 18.2 Å². The summed E-state index contributed by atoms with van der Waals surface area (Å²) in [5.74, 6) is -2.74. The monoisotopic (exact) mass is 282 g/mol. The van der Waals surface area contributed by atoms with Gasteiger partial charge in [0.2, 0.25) is 0 Å². The third kappa shape index (κ3) is 2.44. The molecule has 7 nitrogen and oxygen atoms in total. The predicted molar refractivity (Wildman–Crippen MR) is 64.7 cm³/mol. The van der Waals surface area contributed by atoms with Gasteiger partial charge in [-0.05, 0) is 25.0 Å². The Labute approximate surface area is 112 Å². The average molecular weight is 282 g/mol. The highest BCUT2D eigenvalue weighted by Gasteiger charge is 2.36. The fraction of sp³-hybridized carbons (Fsp3) is 0.333. The van der Waals surface area contributed by atoms with Gasteiger partial charge in [0.05, 0.1) is 11.0 Å². The van der Waals surface area contributed by atoms with E-state index in [1.54, 1.807) is 0 Å². The molecular formula is C12H11FN2O5. The number of carbonyl (C=O) groups excluding carboxylic acids is 1. The molecule has 20 heavy (non-hydrogen) atoms. The lowest BCUT2D eigenvalue weighted by Gasteiger charge is -2.21. The average Bonchev–Trinajstić information content (AvgIpc) is 2.87. The van der Waals surface area contributed by atoms with Gasteiger partial charge in [-0.2, -0.15) is 0 Å². The van der Waals surface area contributed by atoms with Crippen LogP contribution < -0.4 is 0 Å². The fourth-order valence-corrected chi connectivity index (χ4v) is 2.26. The first-order valence-electron chi connectivity index (χ1n) is 5.89. The van der Waals surface area contributed by atoms with E-state index in [0.29, 0.717) is 18.9 Å². The van der Waals surface area contributed by atoms with Crippen LogP contribution in [0.3, 0.4) is 0 Å². The minimum Gasteiger partial charge on any atom is -0.480 e. The lowest BCUT2D eigenvalue weighted by Crippen LogP contribution is -2.40. The van der Waals surface area contributed by atoms with Crippen LogP contribution in [0.4, 0.5) is 10.1 Å². The molecule has 0 saturated carbocycles. The maximum Gasteiger partial charge on any atom is 0.326 e. The van der Waals surface area contributed by atoms with Crippen LogP contribution in [0, 0.1) is 15.9 Å². The Morgan fingerprint density at radius 2 is 2.15 bits per heavy atom. The molecule has 1 aromatic carbocycles. The highest BCUT2D eigenvalue weighted by atomic mass is 19.1. The number of nitro benzene ring substituents is 1. The number of nitrogens with zero attached hydrogens (tertiary/aromatic N) is 2. The molecule has 0 radical (unpaired) electrons. The number of benzene rings is 1. The number of rotatable bonds is 3. The first-order chi connectivity index (χ1) is 9.41. The zero-order valence-electron chi connectivity index (χ0n) is 10.3. The highest BCUT2D eigenvalue weighted by Crippen LogP contribution is 2.26. The van der Waals surface area contributed by atoms with Crippen molar-refractivity contribution in [2.75, 3.05) is 6.54 Å². The van der Waals surface area contributed by atoms with E-state index in [9.17, 15) is 24.1 Å². The Kier molecular flexibility index (Phi) is 3.64. The molecule has 1 heterocycles. The Morgan fingerprint density at radius 3 is 2.75 bits per heavy atom. The van der Waals surface area contributed by atoms with Crippen molar-refractivity contribution in [1.29, 1.82) is 0 Å². The molecule has 1 aliphatic heterocycles. The summed E-state index contributed by atoms with van der Waals surface area (Å²) in [7, 11) is 0. The van der Waals surface area contributed by atoms with E-state index in [2.05, 4.69) is 0 Å². The number of carboxylic acid groups (broad SMARTS) is 1. The van der Waals surface area contributed by atoms with E-state index in [4.69, 9.17) is 5.11 Å². The van der Waals surface area contributed by atoms with Gasteiger partial charge in [0.1, 0.15) is 17.4 Å². The second-order valence-electron chi connectivity index (χ2n) is 4.41. The van der Waals surface area contributed by atoms with E-state index in [1.807, 2.05) is 0 Å². The van der Waals surface area contributed by atoms with Gasteiger partial charge in [0.25, 0.3) is 11.6 Å².